The average molecular weight is 240 g/mol. The topological polar surface area (TPSA) is 69.6 Å². The minimum Gasteiger partial charge on any atom is -0.480 e. The Morgan fingerprint density at radius 2 is 1.88 bits per heavy atom. The van der Waals surface area contributed by atoms with Crippen molar-refractivity contribution in [3.05, 3.63) is 0 Å². The molecule has 5 heteroatoms. The fourth-order valence-corrected chi connectivity index (χ4v) is 2.39. The largest absolute Gasteiger partial charge is 0.480 e. The van der Waals surface area contributed by atoms with E-state index in [9.17, 15) is 9.59 Å². The Kier molecular flexibility index (Phi) is 3.66. The van der Waals surface area contributed by atoms with E-state index in [4.69, 9.17) is 5.11 Å². The van der Waals surface area contributed by atoms with Crippen LogP contribution in [0.5, 0.6) is 0 Å². The molecule has 17 heavy (non-hydrogen) atoms. The van der Waals surface area contributed by atoms with Gasteiger partial charge >= 0.3 is 5.97 Å². The van der Waals surface area contributed by atoms with Gasteiger partial charge in [0.25, 0.3) is 0 Å². The van der Waals surface area contributed by atoms with Gasteiger partial charge in [0.15, 0.2) is 0 Å². The van der Waals surface area contributed by atoms with Crippen molar-refractivity contribution in [3.8, 4) is 0 Å². The molecule has 0 aromatic rings. The Bertz CT molecular complexity index is 309. The number of nitrogens with one attached hydrogen (secondary N) is 1. The number of carbonyl (C=O) groups excluding carboxylic acids is 1. The van der Waals surface area contributed by atoms with E-state index in [-0.39, 0.29) is 11.8 Å². The van der Waals surface area contributed by atoms with E-state index in [1.54, 1.807) is 6.92 Å². The van der Waals surface area contributed by atoms with Gasteiger partial charge in [0.05, 0.1) is 6.04 Å². The predicted octanol–water partition coefficient (Wildman–Crippen LogP) is 0.450. The molecule has 0 aromatic carbocycles. The van der Waals surface area contributed by atoms with E-state index < -0.39 is 18.1 Å². The average Bonchev–Trinajstić information content (AvgIpc) is 2.98. The van der Waals surface area contributed by atoms with Crippen molar-refractivity contribution >= 4 is 11.9 Å². The standard InChI is InChI=1S/C12H20N2O3/c1-8(11(15)14-6-2-3-7-14)13-10(12(16)17)9-4-5-9/h8-10,13H,2-7H2,1H3,(H,16,17). The molecular formula is C12H20N2O3. The van der Waals surface area contributed by atoms with Crippen molar-refractivity contribution in [1.82, 2.24) is 10.2 Å². The highest BCUT2D eigenvalue weighted by molar-refractivity contribution is 5.83. The molecule has 1 aliphatic carbocycles. The lowest BCUT2D eigenvalue weighted by molar-refractivity contribution is -0.141. The highest BCUT2D eigenvalue weighted by atomic mass is 16.4. The molecule has 1 amide bonds. The maximum absolute atomic E-state index is 12.0. The Morgan fingerprint density at radius 3 is 2.35 bits per heavy atom. The second kappa shape index (κ2) is 5.04. The molecule has 96 valence electrons. The second-order valence-corrected chi connectivity index (χ2v) is 5.07. The van der Waals surface area contributed by atoms with Crippen LogP contribution in [0.25, 0.3) is 0 Å². The molecular weight excluding hydrogens is 220 g/mol. The number of likely N-dealkylation sites (tertiary alicyclic amines) is 1. The van der Waals surface area contributed by atoms with Gasteiger partial charge in [0, 0.05) is 13.1 Å². The van der Waals surface area contributed by atoms with Crippen LogP contribution in [0, 0.1) is 5.92 Å². The van der Waals surface area contributed by atoms with E-state index in [0.29, 0.717) is 0 Å². The number of hydrogen-bond acceptors (Lipinski definition) is 3. The fourth-order valence-electron chi connectivity index (χ4n) is 2.39. The van der Waals surface area contributed by atoms with E-state index in [0.717, 1.165) is 38.8 Å². The Morgan fingerprint density at radius 1 is 1.29 bits per heavy atom. The van der Waals surface area contributed by atoms with E-state index >= 15 is 0 Å². The first-order chi connectivity index (χ1) is 8.09. The zero-order valence-corrected chi connectivity index (χ0v) is 10.2. The molecule has 0 spiro atoms. The maximum atomic E-state index is 12.0. The summed E-state index contributed by atoms with van der Waals surface area (Å²) in [5, 5.41) is 12.1. The summed E-state index contributed by atoms with van der Waals surface area (Å²) in [5.74, 6) is -0.593. The smallest absolute Gasteiger partial charge is 0.321 e. The number of aliphatic carboxylic acids is 1. The number of rotatable bonds is 5. The summed E-state index contributed by atoms with van der Waals surface area (Å²) < 4.78 is 0. The van der Waals surface area contributed by atoms with Crippen LogP contribution in [-0.2, 0) is 9.59 Å². The summed E-state index contributed by atoms with van der Waals surface area (Å²) >= 11 is 0. The molecule has 0 bridgehead atoms. The van der Waals surface area contributed by atoms with E-state index in [1.165, 1.54) is 0 Å². The van der Waals surface area contributed by atoms with Crippen LogP contribution in [0.15, 0.2) is 0 Å². The van der Waals surface area contributed by atoms with Crippen LogP contribution in [0.2, 0.25) is 0 Å². The lowest BCUT2D eigenvalue weighted by Gasteiger charge is -2.24. The van der Waals surface area contributed by atoms with Gasteiger partial charge in [0.1, 0.15) is 6.04 Å². The molecule has 0 radical (unpaired) electrons. The second-order valence-electron chi connectivity index (χ2n) is 5.07. The van der Waals surface area contributed by atoms with Crippen LogP contribution in [0.1, 0.15) is 32.6 Å². The van der Waals surface area contributed by atoms with Crippen molar-refractivity contribution in [1.29, 1.82) is 0 Å². The number of hydrogen-bond donors (Lipinski definition) is 2. The zero-order chi connectivity index (χ0) is 12.4. The van der Waals surface area contributed by atoms with Crippen molar-refractivity contribution in [2.45, 2.75) is 44.7 Å². The lowest BCUT2D eigenvalue weighted by atomic mass is 10.1. The minimum atomic E-state index is -0.839. The number of amides is 1. The summed E-state index contributed by atoms with van der Waals surface area (Å²) in [4.78, 5) is 24.9. The summed E-state index contributed by atoms with van der Waals surface area (Å²) in [6.07, 6.45) is 4.02. The van der Waals surface area contributed by atoms with Gasteiger partial charge in [-0.3, -0.25) is 14.9 Å². The first-order valence-electron chi connectivity index (χ1n) is 6.37. The molecule has 5 nitrogen and oxygen atoms in total. The summed E-state index contributed by atoms with van der Waals surface area (Å²) in [6, 6.07) is -0.952. The van der Waals surface area contributed by atoms with Crippen LogP contribution < -0.4 is 5.32 Å². The third-order valence-electron chi connectivity index (χ3n) is 3.58. The third kappa shape index (κ3) is 2.97. The molecule has 0 aromatic heterocycles. The minimum absolute atomic E-state index is 0.0365. The van der Waals surface area contributed by atoms with Crippen molar-refractivity contribution in [2.75, 3.05) is 13.1 Å². The lowest BCUT2D eigenvalue weighted by Crippen LogP contribution is -2.50. The van der Waals surface area contributed by atoms with Gasteiger partial charge in [-0.15, -0.1) is 0 Å². The highest BCUT2D eigenvalue weighted by Gasteiger charge is 2.38. The molecule has 1 saturated heterocycles. The molecule has 2 rings (SSSR count). The van der Waals surface area contributed by atoms with Crippen LogP contribution in [0.4, 0.5) is 0 Å². The van der Waals surface area contributed by atoms with Crippen molar-refractivity contribution in [3.63, 3.8) is 0 Å². The van der Waals surface area contributed by atoms with Crippen LogP contribution >= 0.6 is 0 Å². The molecule has 2 N–H and O–H groups in total. The zero-order valence-electron chi connectivity index (χ0n) is 10.2. The summed E-state index contributed by atoms with van der Waals surface area (Å²) in [6.45, 7) is 3.39. The van der Waals surface area contributed by atoms with E-state index in [1.807, 2.05) is 4.90 Å². The number of carboxylic acid groups (broad SMARTS) is 1. The fraction of sp³-hybridized carbons (Fsp3) is 0.833. The first-order valence-corrected chi connectivity index (χ1v) is 6.37. The SMILES string of the molecule is CC(NC(C(=O)O)C1CC1)C(=O)N1CCCC1. The predicted molar refractivity (Wildman–Crippen MR) is 62.6 cm³/mol. The van der Waals surface area contributed by atoms with Crippen LogP contribution in [-0.4, -0.2) is 47.1 Å². The Balaban J connectivity index is 1.87. The van der Waals surface area contributed by atoms with Crippen LogP contribution in [0.3, 0.4) is 0 Å². The number of carbonyl (C=O) groups is 2. The molecule has 1 aliphatic heterocycles. The van der Waals surface area contributed by atoms with Gasteiger partial charge in [0.2, 0.25) is 5.91 Å². The molecule has 1 saturated carbocycles. The summed E-state index contributed by atoms with van der Waals surface area (Å²) in [7, 11) is 0. The first kappa shape index (κ1) is 12.4. The van der Waals surface area contributed by atoms with Crippen molar-refractivity contribution in [2.24, 2.45) is 5.92 Å². The van der Waals surface area contributed by atoms with Gasteiger partial charge in [-0.05, 0) is 38.5 Å². The third-order valence-corrected chi connectivity index (χ3v) is 3.58. The Hall–Kier alpha value is -1.10. The van der Waals surface area contributed by atoms with Gasteiger partial charge in [-0.1, -0.05) is 0 Å². The number of carboxylic acids is 1. The van der Waals surface area contributed by atoms with Gasteiger partial charge in [-0.2, -0.15) is 0 Å². The monoisotopic (exact) mass is 240 g/mol. The molecule has 2 unspecified atom stereocenters. The molecule has 2 fully saturated rings. The Labute approximate surface area is 101 Å². The molecule has 2 atom stereocenters. The maximum Gasteiger partial charge on any atom is 0.321 e. The number of nitrogens with zero attached hydrogens (tertiary/aromatic N) is 1. The summed E-state index contributed by atoms with van der Waals surface area (Å²) in [5.41, 5.74) is 0. The quantitative estimate of drug-likeness (QED) is 0.732. The normalized spacial score (nSPS) is 23.5. The van der Waals surface area contributed by atoms with E-state index in [2.05, 4.69) is 5.32 Å². The van der Waals surface area contributed by atoms with Gasteiger partial charge in [-0.25, -0.2) is 0 Å². The molecule has 1 heterocycles. The van der Waals surface area contributed by atoms with Crippen molar-refractivity contribution < 1.29 is 14.7 Å². The van der Waals surface area contributed by atoms with Gasteiger partial charge < -0.3 is 10.0 Å². The molecule has 2 aliphatic rings. The highest BCUT2D eigenvalue weighted by Crippen LogP contribution is 2.33.